The minimum absolute atomic E-state index is 0.0283. The number of hydrogen-bond donors (Lipinski definition) is 2. The number of epoxide rings is 1. The van der Waals surface area contributed by atoms with Crippen molar-refractivity contribution in [3.8, 4) is 0 Å². The van der Waals surface area contributed by atoms with E-state index in [-0.39, 0.29) is 17.0 Å². The average Bonchev–Trinajstić information content (AvgIpc) is 3.11. The molecule has 2 heterocycles. The first-order valence-electron chi connectivity index (χ1n) is 7.50. The van der Waals surface area contributed by atoms with Crippen molar-refractivity contribution in [2.24, 2.45) is 0 Å². The SMILES string of the molecule is CC(C)(C)NC(=O)OC12OC1NCCSC2c1ccccc1. The van der Waals surface area contributed by atoms with Crippen LogP contribution in [0.15, 0.2) is 30.3 Å². The van der Waals surface area contributed by atoms with Crippen molar-refractivity contribution < 1.29 is 14.3 Å². The van der Waals surface area contributed by atoms with E-state index in [9.17, 15) is 4.79 Å². The molecule has 0 aromatic heterocycles. The summed E-state index contributed by atoms with van der Waals surface area (Å²) in [5, 5.41) is 6.08. The summed E-state index contributed by atoms with van der Waals surface area (Å²) in [7, 11) is 0. The predicted molar refractivity (Wildman–Crippen MR) is 86.6 cm³/mol. The summed E-state index contributed by atoms with van der Waals surface area (Å²) < 4.78 is 11.5. The van der Waals surface area contributed by atoms with Crippen LogP contribution in [0.1, 0.15) is 31.6 Å². The van der Waals surface area contributed by atoms with Crippen LogP contribution in [0.2, 0.25) is 0 Å². The van der Waals surface area contributed by atoms with Gasteiger partial charge in [-0.2, -0.15) is 0 Å². The first-order valence-corrected chi connectivity index (χ1v) is 8.54. The minimum Gasteiger partial charge on any atom is -0.411 e. The van der Waals surface area contributed by atoms with Gasteiger partial charge < -0.3 is 14.8 Å². The van der Waals surface area contributed by atoms with Crippen molar-refractivity contribution in [3.63, 3.8) is 0 Å². The fourth-order valence-electron chi connectivity index (χ4n) is 2.58. The van der Waals surface area contributed by atoms with E-state index in [1.54, 1.807) is 11.8 Å². The van der Waals surface area contributed by atoms with Crippen molar-refractivity contribution in [1.29, 1.82) is 0 Å². The molecule has 3 atom stereocenters. The molecule has 2 aliphatic heterocycles. The Kier molecular flexibility index (Phi) is 4.09. The van der Waals surface area contributed by atoms with Crippen LogP contribution in [-0.4, -0.2) is 35.9 Å². The largest absolute Gasteiger partial charge is 0.411 e. The molecule has 22 heavy (non-hydrogen) atoms. The van der Waals surface area contributed by atoms with Gasteiger partial charge in [0.05, 0.1) is 5.25 Å². The average molecular weight is 322 g/mol. The molecule has 1 aromatic carbocycles. The standard InChI is InChI=1S/C16H22N2O3S/c1-15(2,3)18-14(19)21-16-12(11-7-5-4-6-8-11)22-10-9-17-13(16)20-16/h4-8,12-13,17H,9-10H2,1-3H3,(H,18,19). The molecular formula is C16H22N2O3S. The fraction of sp³-hybridized carbons (Fsp3) is 0.562. The molecule has 2 saturated heterocycles. The Balaban J connectivity index is 1.81. The summed E-state index contributed by atoms with van der Waals surface area (Å²) in [5.41, 5.74) is 0.772. The lowest BCUT2D eigenvalue weighted by Crippen LogP contribution is -2.45. The lowest BCUT2D eigenvalue weighted by Gasteiger charge is -2.26. The van der Waals surface area contributed by atoms with E-state index in [0.29, 0.717) is 0 Å². The highest BCUT2D eigenvalue weighted by Crippen LogP contribution is 2.54. The van der Waals surface area contributed by atoms with Gasteiger partial charge in [-0.15, -0.1) is 11.8 Å². The predicted octanol–water partition coefficient (Wildman–Crippen LogP) is 2.64. The number of alkyl carbamates (subject to hydrolysis) is 1. The van der Waals surface area contributed by atoms with Crippen molar-refractivity contribution in [3.05, 3.63) is 35.9 Å². The highest BCUT2D eigenvalue weighted by molar-refractivity contribution is 7.99. The van der Waals surface area contributed by atoms with Gasteiger partial charge in [0.2, 0.25) is 0 Å². The van der Waals surface area contributed by atoms with Crippen LogP contribution in [0.5, 0.6) is 0 Å². The second kappa shape index (κ2) is 5.76. The number of fused-ring (bicyclic) bond motifs is 1. The molecule has 0 radical (unpaired) electrons. The maximum Gasteiger partial charge on any atom is 0.410 e. The Morgan fingerprint density at radius 2 is 2.14 bits per heavy atom. The summed E-state index contributed by atoms with van der Waals surface area (Å²) in [6.07, 6.45) is -0.682. The number of amides is 1. The lowest BCUT2D eigenvalue weighted by molar-refractivity contribution is 0.00486. The van der Waals surface area contributed by atoms with Crippen molar-refractivity contribution >= 4 is 17.9 Å². The first kappa shape index (κ1) is 15.6. The third-order valence-electron chi connectivity index (χ3n) is 3.52. The van der Waals surface area contributed by atoms with Gasteiger partial charge in [0.1, 0.15) is 0 Å². The molecule has 0 saturated carbocycles. The van der Waals surface area contributed by atoms with Gasteiger partial charge in [0.15, 0.2) is 6.23 Å². The molecule has 3 unspecified atom stereocenters. The highest BCUT2D eigenvalue weighted by Gasteiger charge is 2.67. The van der Waals surface area contributed by atoms with Gasteiger partial charge in [-0.3, -0.25) is 5.32 Å². The molecular weight excluding hydrogens is 300 g/mol. The second-order valence-electron chi connectivity index (χ2n) is 6.60. The van der Waals surface area contributed by atoms with E-state index in [4.69, 9.17) is 9.47 Å². The van der Waals surface area contributed by atoms with Crippen molar-refractivity contribution in [1.82, 2.24) is 10.6 Å². The van der Waals surface area contributed by atoms with Gasteiger partial charge >= 0.3 is 6.09 Å². The maximum atomic E-state index is 12.2. The van der Waals surface area contributed by atoms with E-state index in [2.05, 4.69) is 22.8 Å². The summed E-state index contributed by atoms with van der Waals surface area (Å²) in [4.78, 5) is 12.2. The minimum atomic E-state index is -0.919. The van der Waals surface area contributed by atoms with E-state index in [0.717, 1.165) is 17.9 Å². The van der Waals surface area contributed by atoms with Crippen LogP contribution in [0, 0.1) is 0 Å². The van der Waals surface area contributed by atoms with Crippen LogP contribution >= 0.6 is 11.8 Å². The van der Waals surface area contributed by atoms with E-state index in [1.165, 1.54) is 0 Å². The Labute approximate surface area is 135 Å². The first-order chi connectivity index (χ1) is 10.4. The number of thioether (sulfide) groups is 1. The zero-order valence-corrected chi connectivity index (χ0v) is 13.9. The Morgan fingerprint density at radius 1 is 1.41 bits per heavy atom. The third-order valence-corrected chi connectivity index (χ3v) is 4.90. The van der Waals surface area contributed by atoms with Gasteiger partial charge in [-0.05, 0) is 26.3 Å². The van der Waals surface area contributed by atoms with Crippen LogP contribution in [0.3, 0.4) is 0 Å². The number of carbonyl (C=O) groups excluding carboxylic acids is 1. The summed E-state index contributed by atoms with van der Waals surface area (Å²) in [6.45, 7) is 6.61. The molecule has 0 aliphatic carbocycles. The van der Waals surface area contributed by atoms with Crippen LogP contribution in [-0.2, 0) is 9.47 Å². The monoisotopic (exact) mass is 322 g/mol. The molecule has 6 heteroatoms. The fourth-order valence-corrected chi connectivity index (χ4v) is 3.86. The van der Waals surface area contributed by atoms with Crippen LogP contribution < -0.4 is 10.6 Å². The van der Waals surface area contributed by atoms with Gasteiger partial charge in [0.25, 0.3) is 5.79 Å². The van der Waals surface area contributed by atoms with Crippen LogP contribution in [0.4, 0.5) is 4.79 Å². The molecule has 3 rings (SSSR count). The lowest BCUT2D eigenvalue weighted by atomic mass is 10.1. The highest BCUT2D eigenvalue weighted by atomic mass is 32.2. The molecule has 2 aliphatic rings. The number of nitrogens with one attached hydrogen (secondary N) is 2. The van der Waals surface area contributed by atoms with Gasteiger partial charge in [-0.1, -0.05) is 30.3 Å². The quantitative estimate of drug-likeness (QED) is 0.820. The second-order valence-corrected chi connectivity index (χ2v) is 7.81. The van der Waals surface area contributed by atoms with Crippen molar-refractivity contribution in [2.45, 2.75) is 43.6 Å². The number of ether oxygens (including phenoxy) is 2. The van der Waals surface area contributed by atoms with Gasteiger partial charge in [0, 0.05) is 17.8 Å². The summed E-state index contributed by atoms with van der Waals surface area (Å²) in [5.74, 6) is 0.0310. The topological polar surface area (TPSA) is 62.9 Å². The zero-order chi connectivity index (χ0) is 15.8. The van der Waals surface area contributed by atoms with E-state index < -0.39 is 11.9 Å². The number of benzene rings is 1. The van der Waals surface area contributed by atoms with Crippen LogP contribution in [0.25, 0.3) is 0 Å². The molecule has 1 aromatic rings. The number of hydrogen-bond acceptors (Lipinski definition) is 5. The Morgan fingerprint density at radius 3 is 2.82 bits per heavy atom. The third kappa shape index (κ3) is 3.24. The number of rotatable bonds is 2. The molecule has 0 bridgehead atoms. The molecule has 1 amide bonds. The van der Waals surface area contributed by atoms with E-state index in [1.807, 2.05) is 39.0 Å². The van der Waals surface area contributed by atoms with Gasteiger partial charge in [-0.25, -0.2) is 4.79 Å². The molecule has 5 nitrogen and oxygen atoms in total. The Hall–Kier alpha value is -1.24. The Bertz CT molecular complexity index is 546. The summed E-state index contributed by atoms with van der Waals surface area (Å²) in [6, 6.07) is 10.1. The number of carbonyl (C=O) groups is 1. The van der Waals surface area contributed by atoms with E-state index >= 15 is 0 Å². The molecule has 2 fully saturated rings. The maximum absolute atomic E-state index is 12.2. The molecule has 2 N–H and O–H groups in total. The van der Waals surface area contributed by atoms with Crippen molar-refractivity contribution in [2.75, 3.05) is 12.3 Å². The smallest absolute Gasteiger partial charge is 0.410 e. The zero-order valence-electron chi connectivity index (χ0n) is 13.1. The molecule has 120 valence electrons. The molecule has 0 spiro atoms. The normalized spacial score (nSPS) is 30.9. The summed E-state index contributed by atoms with van der Waals surface area (Å²) >= 11 is 1.75.